The summed E-state index contributed by atoms with van der Waals surface area (Å²) in [5, 5.41) is 3.89. The summed E-state index contributed by atoms with van der Waals surface area (Å²) in [7, 11) is 3.31. The van der Waals surface area contributed by atoms with Crippen LogP contribution in [0.15, 0.2) is 10.8 Å². The molecule has 0 spiro atoms. The lowest BCUT2D eigenvalue weighted by Gasteiger charge is -2.30. The maximum Gasteiger partial charge on any atom is 0.171 e. The van der Waals surface area contributed by atoms with E-state index >= 15 is 0 Å². The van der Waals surface area contributed by atoms with Crippen LogP contribution in [0.1, 0.15) is 0 Å². The van der Waals surface area contributed by atoms with Gasteiger partial charge < -0.3 is 28.4 Å². The Hall–Kier alpha value is -0.860. The molecule has 0 aromatic carbocycles. The standard InChI is InChI=1S/C15H24O6S/c1-16-3-5-18-9-15(10-19-6-4-17-2)11-20-13-7-22-8-14(13)21-12-15/h7-8H,3-6,9-12H2,1-2H3. The van der Waals surface area contributed by atoms with Crippen molar-refractivity contribution in [3.63, 3.8) is 0 Å². The van der Waals surface area contributed by atoms with Crippen LogP contribution in [0, 0.1) is 5.41 Å². The molecule has 0 N–H and O–H groups in total. The highest BCUT2D eigenvalue weighted by molar-refractivity contribution is 7.08. The molecule has 0 saturated heterocycles. The van der Waals surface area contributed by atoms with Crippen LogP contribution in [0.25, 0.3) is 0 Å². The fraction of sp³-hybridized carbons (Fsp3) is 0.733. The molecule has 1 aliphatic rings. The first-order valence-corrected chi connectivity index (χ1v) is 8.19. The van der Waals surface area contributed by atoms with Gasteiger partial charge in [-0.05, 0) is 0 Å². The van der Waals surface area contributed by atoms with Gasteiger partial charge in [-0.3, -0.25) is 0 Å². The minimum atomic E-state index is -0.335. The molecule has 0 unspecified atom stereocenters. The summed E-state index contributed by atoms with van der Waals surface area (Å²) in [5.74, 6) is 1.58. The molecule has 1 aromatic heterocycles. The Kier molecular flexibility index (Phi) is 7.41. The van der Waals surface area contributed by atoms with E-state index in [2.05, 4.69) is 0 Å². The van der Waals surface area contributed by atoms with E-state index in [1.165, 1.54) is 0 Å². The van der Waals surface area contributed by atoms with Gasteiger partial charge in [-0.1, -0.05) is 0 Å². The van der Waals surface area contributed by atoms with E-state index in [1.807, 2.05) is 10.8 Å². The average Bonchev–Trinajstić information content (AvgIpc) is 2.92. The Morgan fingerprint density at radius 3 is 1.86 bits per heavy atom. The number of fused-ring (bicyclic) bond motifs is 1. The van der Waals surface area contributed by atoms with Crippen molar-refractivity contribution in [3.05, 3.63) is 10.8 Å². The van der Waals surface area contributed by atoms with E-state index in [9.17, 15) is 0 Å². The third-order valence-electron chi connectivity index (χ3n) is 3.34. The molecule has 0 amide bonds. The molecule has 126 valence electrons. The lowest BCUT2D eigenvalue weighted by Crippen LogP contribution is -2.43. The van der Waals surface area contributed by atoms with Crippen LogP contribution in [0.5, 0.6) is 11.5 Å². The van der Waals surface area contributed by atoms with E-state index in [-0.39, 0.29) is 5.41 Å². The SMILES string of the molecule is COCCOCC1(COCCOC)COc2cscc2OC1. The van der Waals surface area contributed by atoms with Gasteiger partial charge in [0, 0.05) is 25.0 Å². The van der Waals surface area contributed by atoms with E-state index in [0.29, 0.717) is 52.9 Å². The zero-order chi connectivity index (χ0) is 15.7. The first-order chi connectivity index (χ1) is 10.8. The second-order valence-corrected chi connectivity index (χ2v) is 6.01. The van der Waals surface area contributed by atoms with Crippen LogP contribution in [0.4, 0.5) is 0 Å². The van der Waals surface area contributed by atoms with Crippen molar-refractivity contribution in [1.82, 2.24) is 0 Å². The van der Waals surface area contributed by atoms with E-state index in [4.69, 9.17) is 28.4 Å². The highest BCUT2D eigenvalue weighted by Gasteiger charge is 2.36. The summed E-state index contributed by atoms with van der Waals surface area (Å²) in [6.07, 6.45) is 0. The van der Waals surface area contributed by atoms with Crippen molar-refractivity contribution >= 4 is 11.3 Å². The van der Waals surface area contributed by atoms with Crippen LogP contribution < -0.4 is 9.47 Å². The zero-order valence-corrected chi connectivity index (χ0v) is 14.0. The molecule has 1 aliphatic heterocycles. The molecule has 0 atom stereocenters. The molecule has 0 bridgehead atoms. The van der Waals surface area contributed by atoms with Crippen LogP contribution in [0.3, 0.4) is 0 Å². The predicted molar refractivity (Wildman–Crippen MR) is 83.1 cm³/mol. The van der Waals surface area contributed by atoms with E-state index in [0.717, 1.165) is 11.5 Å². The summed E-state index contributed by atoms with van der Waals surface area (Å²) in [6, 6.07) is 0. The number of ether oxygens (including phenoxy) is 6. The second-order valence-electron chi connectivity index (χ2n) is 5.27. The normalized spacial score (nSPS) is 16.5. The Balaban J connectivity index is 1.90. The third-order valence-corrected chi connectivity index (χ3v) is 4.04. The van der Waals surface area contributed by atoms with Crippen molar-refractivity contribution in [2.75, 3.05) is 67.1 Å². The molecule has 6 nitrogen and oxygen atoms in total. The maximum atomic E-state index is 5.88. The highest BCUT2D eigenvalue weighted by Crippen LogP contribution is 2.37. The van der Waals surface area contributed by atoms with Gasteiger partial charge >= 0.3 is 0 Å². The lowest BCUT2D eigenvalue weighted by atomic mass is 9.92. The van der Waals surface area contributed by atoms with Gasteiger partial charge in [-0.15, -0.1) is 11.3 Å². The average molecular weight is 332 g/mol. The van der Waals surface area contributed by atoms with Gasteiger partial charge in [0.25, 0.3) is 0 Å². The van der Waals surface area contributed by atoms with Crippen LogP contribution in [-0.4, -0.2) is 67.1 Å². The Labute approximate surface area is 135 Å². The largest absolute Gasteiger partial charge is 0.488 e. The molecular formula is C15H24O6S. The smallest absolute Gasteiger partial charge is 0.171 e. The first-order valence-electron chi connectivity index (χ1n) is 7.25. The quantitative estimate of drug-likeness (QED) is 0.609. The van der Waals surface area contributed by atoms with Gasteiger partial charge in [0.1, 0.15) is 13.2 Å². The number of methoxy groups -OCH3 is 2. The number of hydrogen-bond acceptors (Lipinski definition) is 7. The van der Waals surface area contributed by atoms with Gasteiger partial charge in [0.05, 0.1) is 45.1 Å². The molecule has 2 rings (SSSR count). The summed E-state index contributed by atoms with van der Waals surface area (Å²) < 4.78 is 33.2. The van der Waals surface area contributed by atoms with Gasteiger partial charge in [-0.25, -0.2) is 0 Å². The molecule has 22 heavy (non-hydrogen) atoms. The molecule has 7 heteroatoms. The molecular weight excluding hydrogens is 308 g/mol. The molecule has 0 aliphatic carbocycles. The number of thiophene rings is 1. The molecule has 1 aromatic rings. The zero-order valence-electron chi connectivity index (χ0n) is 13.2. The van der Waals surface area contributed by atoms with E-state index in [1.54, 1.807) is 25.6 Å². The Morgan fingerprint density at radius 2 is 1.41 bits per heavy atom. The van der Waals surface area contributed by atoms with Crippen molar-refractivity contribution in [1.29, 1.82) is 0 Å². The topological polar surface area (TPSA) is 55.4 Å². The molecule has 0 fully saturated rings. The Morgan fingerprint density at radius 1 is 0.909 bits per heavy atom. The molecule has 2 heterocycles. The van der Waals surface area contributed by atoms with Crippen LogP contribution >= 0.6 is 11.3 Å². The lowest BCUT2D eigenvalue weighted by molar-refractivity contribution is -0.0713. The van der Waals surface area contributed by atoms with Gasteiger partial charge in [-0.2, -0.15) is 0 Å². The first kappa shape index (κ1) is 17.5. The minimum Gasteiger partial charge on any atom is -0.488 e. The monoisotopic (exact) mass is 332 g/mol. The molecule has 0 saturated carbocycles. The van der Waals surface area contributed by atoms with Gasteiger partial charge in [0.2, 0.25) is 0 Å². The van der Waals surface area contributed by atoms with Crippen LogP contribution in [0.2, 0.25) is 0 Å². The summed E-state index contributed by atoms with van der Waals surface area (Å²) in [4.78, 5) is 0. The van der Waals surface area contributed by atoms with Crippen LogP contribution in [-0.2, 0) is 18.9 Å². The Bertz CT molecular complexity index is 385. The predicted octanol–water partition coefficient (Wildman–Crippen LogP) is 1.83. The maximum absolute atomic E-state index is 5.88. The van der Waals surface area contributed by atoms with Crippen molar-refractivity contribution in [3.8, 4) is 11.5 Å². The summed E-state index contributed by atoms with van der Waals surface area (Å²) in [6.45, 7) is 4.20. The second kappa shape index (κ2) is 9.32. The number of rotatable bonds is 10. The fourth-order valence-corrected chi connectivity index (χ4v) is 2.74. The number of hydrogen-bond donors (Lipinski definition) is 0. The van der Waals surface area contributed by atoms with Crippen molar-refractivity contribution in [2.45, 2.75) is 0 Å². The van der Waals surface area contributed by atoms with E-state index < -0.39 is 0 Å². The summed E-state index contributed by atoms with van der Waals surface area (Å²) in [5.41, 5.74) is -0.335. The summed E-state index contributed by atoms with van der Waals surface area (Å²) >= 11 is 1.57. The minimum absolute atomic E-state index is 0.335. The fourth-order valence-electron chi connectivity index (χ4n) is 2.06. The molecule has 0 radical (unpaired) electrons. The van der Waals surface area contributed by atoms with Crippen molar-refractivity contribution in [2.24, 2.45) is 5.41 Å². The third kappa shape index (κ3) is 5.10. The highest BCUT2D eigenvalue weighted by atomic mass is 32.1. The van der Waals surface area contributed by atoms with Gasteiger partial charge in [0.15, 0.2) is 11.5 Å². The van der Waals surface area contributed by atoms with Crippen molar-refractivity contribution < 1.29 is 28.4 Å².